The minimum Gasteiger partial charge on any atom is -0.493 e. The van der Waals surface area contributed by atoms with Crippen molar-refractivity contribution in [3.8, 4) is 11.5 Å². The lowest BCUT2D eigenvalue weighted by Gasteiger charge is -2.19. The Morgan fingerprint density at radius 1 is 1.08 bits per heavy atom. The predicted octanol–water partition coefficient (Wildman–Crippen LogP) is 2.63. The molecule has 1 N–H and O–H groups in total. The van der Waals surface area contributed by atoms with Crippen molar-refractivity contribution in [2.75, 3.05) is 40.4 Å². The summed E-state index contributed by atoms with van der Waals surface area (Å²) in [5.74, 6) is 1.59. The number of methoxy groups -OCH3 is 2. The molecule has 0 aromatic heterocycles. The van der Waals surface area contributed by atoms with Crippen molar-refractivity contribution in [3.63, 3.8) is 0 Å². The molecule has 1 saturated heterocycles. The minimum absolute atomic E-state index is 0.139. The van der Waals surface area contributed by atoms with Crippen LogP contribution in [0.5, 0.6) is 11.5 Å². The Morgan fingerprint density at radius 2 is 1.79 bits per heavy atom. The highest BCUT2D eigenvalue weighted by Gasteiger charge is 2.11. The SMILES string of the molecule is COc1ccc(CCNC(=O)CCN2CCCCCC2)cc1OC. The van der Waals surface area contributed by atoms with Crippen LogP contribution in [0.3, 0.4) is 0 Å². The molecule has 1 aliphatic rings. The number of benzene rings is 1. The fourth-order valence-electron chi connectivity index (χ4n) is 3.09. The number of nitrogens with zero attached hydrogens (tertiary/aromatic N) is 1. The predicted molar refractivity (Wildman–Crippen MR) is 95.8 cm³/mol. The van der Waals surface area contributed by atoms with Crippen LogP contribution in [0, 0.1) is 0 Å². The Kier molecular flexibility index (Phi) is 7.89. The first-order chi connectivity index (χ1) is 11.7. The molecular weight excluding hydrogens is 304 g/mol. The first-order valence-electron chi connectivity index (χ1n) is 8.93. The number of amides is 1. The topological polar surface area (TPSA) is 50.8 Å². The molecule has 1 amide bonds. The molecule has 1 fully saturated rings. The van der Waals surface area contributed by atoms with Gasteiger partial charge in [-0.1, -0.05) is 18.9 Å². The van der Waals surface area contributed by atoms with E-state index in [1.165, 1.54) is 25.7 Å². The van der Waals surface area contributed by atoms with Crippen LogP contribution < -0.4 is 14.8 Å². The molecular formula is C19H30N2O3. The summed E-state index contributed by atoms with van der Waals surface area (Å²) in [5, 5.41) is 3.01. The Labute approximate surface area is 145 Å². The van der Waals surface area contributed by atoms with E-state index in [4.69, 9.17) is 9.47 Å². The summed E-state index contributed by atoms with van der Waals surface area (Å²) in [6.07, 6.45) is 6.56. The van der Waals surface area contributed by atoms with Crippen LogP contribution in [0.15, 0.2) is 18.2 Å². The zero-order chi connectivity index (χ0) is 17.2. The highest BCUT2D eigenvalue weighted by Crippen LogP contribution is 2.27. The van der Waals surface area contributed by atoms with Crippen LogP contribution in [0.1, 0.15) is 37.7 Å². The molecule has 5 heteroatoms. The van der Waals surface area contributed by atoms with Gasteiger partial charge in [0.25, 0.3) is 0 Å². The summed E-state index contributed by atoms with van der Waals surface area (Å²) >= 11 is 0. The first-order valence-corrected chi connectivity index (χ1v) is 8.93. The fourth-order valence-corrected chi connectivity index (χ4v) is 3.09. The number of likely N-dealkylation sites (tertiary alicyclic amines) is 1. The van der Waals surface area contributed by atoms with Crippen molar-refractivity contribution in [1.29, 1.82) is 0 Å². The third kappa shape index (κ3) is 6.04. The zero-order valence-corrected chi connectivity index (χ0v) is 15.0. The molecule has 2 rings (SSSR count). The maximum absolute atomic E-state index is 12.0. The van der Waals surface area contributed by atoms with Gasteiger partial charge in [-0.3, -0.25) is 4.79 Å². The number of nitrogens with one attached hydrogen (secondary N) is 1. The van der Waals surface area contributed by atoms with Crippen LogP contribution in [0.2, 0.25) is 0 Å². The van der Waals surface area contributed by atoms with Crippen LogP contribution in [-0.4, -0.2) is 51.2 Å². The molecule has 1 aromatic rings. The highest BCUT2D eigenvalue weighted by molar-refractivity contribution is 5.76. The number of hydrogen-bond acceptors (Lipinski definition) is 4. The second-order valence-corrected chi connectivity index (χ2v) is 6.30. The van der Waals surface area contributed by atoms with E-state index in [2.05, 4.69) is 10.2 Å². The molecule has 5 nitrogen and oxygen atoms in total. The van der Waals surface area contributed by atoms with Gasteiger partial charge in [-0.2, -0.15) is 0 Å². The fraction of sp³-hybridized carbons (Fsp3) is 0.632. The van der Waals surface area contributed by atoms with E-state index in [0.717, 1.165) is 43.1 Å². The highest BCUT2D eigenvalue weighted by atomic mass is 16.5. The number of carbonyl (C=O) groups is 1. The summed E-state index contributed by atoms with van der Waals surface area (Å²) in [7, 11) is 3.26. The Morgan fingerprint density at radius 3 is 2.46 bits per heavy atom. The van der Waals surface area contributed by atoms with E-state index in [1.54, 1.807) is 14.2 Å². The average Bonchev–Trinajstić information content (AvgIpc) is 2.88. The molecule has 0 aliphatic carbocycles. The standard InChI is InChI=1S/C19H30N2O3/c1-23-17-8-7-16(15-18(17)24-2)9-11-20-19(22)10-14-21-12-5-3-4-6-13-21/h7-8,15H,3-6,9-14H2,1-2H3,(H,20,22). The van der Waals surface area contributed by atoms with E-state index >= 15 is 0 Å². The molecule has 0 radical (unpaired) electrons. The Balaban J connectivity index is 1.68. The Bertz CT molecular complexity index is 511. The number of hydrogen-bond donors (Lipinski definition) is 1. The van der Waals surface area contributed by atoms with E-state index in [0.29, 0.717) is 13.0 Å². The van der Waals surface area contributed by atoms with Crippen molar-refractivity contribution < 1.29 is 14.3 Å². The molecule has 0 bridgehead atoms. The second kappa shape index (κ2) is 10.2. The van der Waals surface area contributed by atoms with Crippen molar-refractivity contribution in [2.45, 2.75) is 38.5 Å². The summed E-state index contributed by atoms with van der Waals surface area (Å²) in [5.41, 5.74) is 1.13. The third-order valence-corrected chi connectivity index (χ3v) is 4.54. The molecule has 1 heterocycles. The van der Waals surface area contributed by atoms with Crippen LogP contribution in [0.25, 0.3) is 0 Å². The van der Waals surface area contributed by atoms with Gasteiger partial charge in [0, 0.05) is 19.5 Å². The number of ether oxygens (including phenoxy) is 2. The second-order valence-electron chi connectivity index (χ2n) is 6.30. The van der Waals surface area contributed by atoms with Crippen LogP contribution >= 0.6 is 0 Å². The van der Waals surface area contributed by atoms with Crippen molar-refractivity contribution >= 4 is 5.91 Å². The van der Waals surface area contributed by atoms with Gasteiger partial charge >= 0.3 is 0 Å². The van der Waals surface area contributed by atoms with Crippen molar-refractivity contribution in [1.82, 2.24) is 10.2 Å². The molecule has 1 aromatic carbocycles. The van der Waals surface area contributed by atoms with Gasteiger partial charge in [0.2, 0.25) is 5.91 Å². The van der Waals surface area contributed by atoms with Gasteiger partial charge in [-0.15, -0.1) is 0 Å². The monoisotopic (exact) mass is 334 g/mol. The maximum Gasteiger partial charge on any atom is 0.221 e. The third-order valence-electron chi connectivity index (χ3n) is 4.54. The van der Waals surface area contributed by atoms with Crippen molar-refractivity contribution in [3.05, 3.63) is 23.8 Å². The summed E-state index contributed by atoms with van der Waals surface area (Å²) < 4.78 is 10.5. The lowest BCUT2D eigenvalue weighted by atomic mass is 10.1. The van der Waals surface area contributed by atoms with Crippen LogP contribution in [-0.2, 0) is 11.2 Å². The average molecular weight is 334 g/mol. The van der Waals surface area contributed by atoms with Gasteiger partial charge in [0.15, 0.2) is 11.5 Å². The molecule has 0 spiro atoms. The van der Waals surface area contributed by atoms with Gasteiger partial charge in [0.1, 0.15) is 0 Å². The molecule has 134 valence electrons. The van der Waals surface area contributed by atoms with Crippen LogP contribution in [0.4, 0.5) is 0 Å². The molecule has 1 aliphatic heterocycles. The molecule has 0 atom stereocenters. The van der Waals surface area contributed by atoms with Gasteiger partial charge in [0.05, 0.1) is 14.2 Å². The van der Waals surface area contributed by atoms with Gasteiger partial charge in [-0.05, 0) is 50.0 Å². The van der Waals surface area contributed by atoms with Gasteiger partial charge in [-0.25, -0.2) is 0 Å². The Hall–Kier alpha value is -1.75. The molecule has 24 heavy (non-hydrogen) atoms. The van der Waals surface area contributed by atoms with E-state index in [1.807, 2.05) is 18.2 Å². The summed E-state index contributed by atoms with van der Waals surface area (Å²) in [4.78, 5) is 14.4. The van der Waals surface area contributed by atoms with E-state index < -0.39 is 0 Å². The molecule has 0 saturated carbocycles. The zero-order valence-electron chi connectivity index (χ0n) is 15.0. The molecule has 0 unspecified atom stereocenters. The smallest absolute Gasteiger partial charge is 0.221 e. The van der Waals surface area contributed by atoms with E-state index in [-0.39, 0.29) is 5.91 Å². The summed E-state index contributed by atoms with van der Waals surface area (Å²) in [6.45, 7) is 3.80. The quantitative estimate of drug-likeness (QED) is 0.794. The lowest BCUT2D eigenvalue weighted by Crippen LogP contribution is -2.32. The normalized spacial score (nSPS) is 15.6. The lowest BCUT2D eigenvalue weighted by molar-refractivity contribution is -0.121. The number of rotatable bonds is 8. The largest absolute Gasteiger partial charge is 0.493 e. The van der Waals surface area contributed by atoms with E-state index in [9.17, 15) is 4.79 Å². The van der Waals surface area contributed by atoms with Gasteiger partial charge < -0.3 is 19.7 Å². The number of carbonyl (C=O) groups excluding carboxylic acids is 1. The van der Waals surface area contributed by atoms with Crippen molar-refractivity contribution in [2.24, 2.45) is 0 Å². The minimum atomic E-state index is 0.139. The maximum atomic E-state index is 12.0. The first kappa shape index (κ1) is 18.6. The summed E-state index contributed by atoms with van der Waals surface area (Å²) in [6, 6.07) is 5.86.